The summed E-state index contributed by atoms with van der Waals surface area (Å²) < 4.78 is 2.32. The fourth-order valence-electron chi connectivity index (χ4n) is 3.23. The molecule has 1 aromatic carbocycles. The molecule has 7 heteroatoms. The number of carbonyl (C=O) groups is 2. The van der Waals surface area contributed by atoms with Crippen molar-refractivity contribution < 1.29 is 9.59 Å². The number of hydrogen-bond acceptors (Lipinski definition) is 4. The van der Waals surface area contributed by atoms with Gasteiger partial charge in [-0.25, -0.2) is 0 Å². The van der Waals surface area contributed by atoms with Gasteiger partial charge in [-0.05, 0) is 49.7 Å². The van der Waals surface area contributed by atoms with Gasteiger partial charge in [0.25, 0.3) is 0 Å². The Morgan fingerprint density at radius 3 is 2.92 bits per heavy atom. The topological polar surface area (TPSA) is 79.8 Å². The van der Waals surface area contributed by atoms with Gasteiger partial charge < -0.3 is 5.32 Å². The van der Waals surface area contributed by atoms with E-state index in [9.17, 15) is 9.59 Å². The third-order valence-corrected chi connectivity index (χ3v) is 4.79. The number of rotatable bonds is 3. The molecule has 0 aliphatic heterocycles. The Balaban J connectivity index is 1.79. The molecule has 6 nitrogen and oxygen atoms in total. The maximum Gasteiger partial charge on any atom is 0.227 e. The first-order valence-corrected chi connectivity index (χ1v) is 8.43. The molecule has 0 radical (unpaired) electrons. The van der Waals surface area contributed by atoms with Crippen LogP contribution in [0.5, 0.6) is 0 Å². The minimum Gasteiger partial charge on any atom is -0.326 e. The second-order valence-electron chi connectivity index (χ2n) is 6.32. The van der Waals surface area contributed by atoms with Crippen LogP contribution in [0.2, 0.25) is 0 Å². The van der Waals surface area contributed by atoms with Gasteiger partial charge in [0.05, 0.1) is 5.69 Å². The number of nitrogens with zero attached hydrogens (tertiary/aromatic N) is 2. The summed E-state index contributed by atoms with van der Waals surface area (Å²) in [6.07, 6.45) is 1.60. The van der Waals surface area contributed by atoms with Gasteiger partial charge in [0.1, 0.15) is 11.6 Å². The van der Waals surface area contributed by atoms with Crippen LogP contribution in [0.3, 0.4) is 0 Å². The Bertz CT molecular complexity index is 839. The van der Waals surface area contributed by atoms with Gasteiger partial charge in [0.15, 0.2) is 4.77 Å². The predicted octanol–water partition coefficient (Wildman–Crippen LogP) is 3.18. The fourth-order valence-corrected chi connectivity index (χ4v) is 3.51. The van der Waals surface area contributed by atoms with Gasteiger partial charge in [-0.15, -0.1) is 0 Å². The highest BCUT2D eigenvalue weighted by Gasteiger charge is 2.31. The quantitative estimate of drug-likeness (QED) is 0.838. The van der Waals surface area contributed by atoms with E-state index in [1.165, 1.54) is 0 Å². The summed E-state index contributed by atoms with van der Waals surface area (Å²) in [7, 11) is 0. The number of nitrogens with one attached hydrogen (secondary N) is 2. The van der Waals surface area contributed by atoms with E-state index in [0.29, 0.717) is 29.7 Å². The zero-order valence-corrected chi connectivity index (χ0v) is 14.5. The second kappa shape index (κ2) is 6.68. The summed E-state index contributed by atoms with van der Waals surface area (Å²) in [6.45, 7) is 3.82. The highest BCUT2D eigenvalue weighted by molar-refractivity contribution is 7.71. The summed E-state index contributed by atoms with van der Waals surface area (Å²) in [5, 5.41) is 9.82. The SMILES string of the molecule is Cc1n[nH]c(=S)n1-c1cccc(NC(=O)C2CCC(=O)CC2C)c1. The molecule has 126 valence electrons. The lowest BCUT2D eigenvalue weighted by Gasteiger charge is -2.26. The molecule has 1 aliphatic carbocycles. The molecule has 2 N–H and O–H groups in total. The van der Waals surface area contributed by atoms with Crippen LogP contribution in [0.1, 0.15) is 32.0 Å². The maximum absolute atomic E-state index is 12.5. The molecular weight excluding hydrogens is 324 g/mol. The average molecular weight is 344 g/mol. The third-order valence-electron chi connectivity index (χ3n) is 4.52. The lowest BCUT2D eigenvalue weighted by atomic mass is 9.79. The van der Waals surface area contributed by atoms with E-state index < -0.39 is 0 Å². The number of Topliss-reactive ketones (excluding diaryl/α,β-unsaturated/α-hetero) is 1. The number of amides is 1. The van der Waals surface area contributed by atoms with Crippen molar-refractivity contribution in [1.29, 1.82) is 0 Å². The number of ketones is 1. The Labute approximate surface area is 145 Å². The van der Waals surface area contributed by atoms with Crippen molar-refractivity contribution >= 4 is 29.6 Å². The first kappa shape index (κ1) is 16.6. The van der Waals surface area contributed by atoms with E-state index in [0.717, 1.165) is 11.5 Å². The second-order valence-corrected chi connectivity index (χ2v) is 6.70. The molecule has 1 aromatic heterocycles. The molecule has 1 amide bonds. The third kappa shape index (κ3) is 3.31. The number of aromatic nitrogens is 3. The summed E-state index contributed by atoms with van der Waals surface area (Å²) in [5.41, 5.74) is 1.56. The van der Waals surface area contributed by atoms with Crippen molar-refractivity contribution in [1.82, 2.24) is 14.8 Å². The van der Waals surface area contributed by atoms with Gasteiger partial charge in [-0.2, -0.15) is 5.10 Å². The van der Waals surface area contributed by atoms with Crippen LogP contribution in [0.25, 0.3) is 5.69 Å². The van der Waals surface area contributed by atoms with Crippen LogP contribution in [-0.2, 0) is 9.59 Å². The number of carbonyl (C=O) groups excluding carboxylic acids is 2. The molecule has 1 aliphatic rings. The highest BCUT2D eigenvalue weighted by atomic mass is 32.1. The van der Waals surface area contributed by atoms with E-state index in [4.69, 9.17) is 12.2 Å². The lowest BCUT2D eigenvalue weighted by molar-refractivity contribution is -0.127. The smallest absolute Gasteiger partial charge is 0.227 e. The van der Waals surface area contributed by atoms with E-state index >= 15 is 0 Å². The predicted molar refractivity (Wildman–Crippen MR) is 93.6 cm³/mol. The molecule has 2 atom stereocenters. The number of hydrogen-bond donors (Lipinski definition) is 2. The Hall–Kier alpha value is -2.28. The lowest BCUT2D eigenvalue weighted by Crippen LogP contribution is -2.33. The molecule has 0 bridgehead atoms. The van der Waals surface area contributed by atoms with Crippen molar-refractivity contribution in [3.05, 3.63) is 34.9 Å². The highest BCUT2D eigenvalue weighted by Crippen LogP contribution is 2.29. The first-order chi connectivity index (χ1) is 11.5. The maximum atomic E-state index is 12.5. The fraction of sp³-hybridized carbons (Fsp3) is 0.412. The van der Waals surface area contributed by atoms with Crippen LogP contribution in [-0.4, -0.2) is 26.5 Å². The van der Waals surface area contributed by atoms with Crippen LogP contribution < -0.4 is 5.32 Å². The van der Waals surface area contributed by atoms with E-state index in [1.54, 1.807) is 0 Å². The molecule has 24 heavy (non-hydrogen) atoms. The van der Waals surface area contributed by atoms with Gasteiger partial charge >= 0.3 is 0 Å². The molecule has 0 spiro atoms. The van der Waals surface area contributed by atoms with Gasteiger partial charge in [-0.3, -0.25) is 19.3 Å². The van der Waals surface area contributed by atoms with Crippen molar-refractivity contribution in [2.75, 3.05) is 5.32 Å². The molecule has 2 aromatic rings. The number of anilines is 1. The van der Waals surface area contributed by atoms with E-state index in [1.807, 2.05) is 42.7 Å². The van der Waals surface area contributed by atoms with Crippen molar-refractivity contribution in [2.24, 2.45) is 11.8 Å². The van der Waals surface area contributed by atoms with Gasteiger partial charge in [0.2, 0.25) is 5.91 Å². The largest absolute Gasteiger partial charge is 0.326 e. The van der Waals surface area contributed by atoms with Crippen LogP contribution in [0.4, 0.5) is 5.69 Å². The molecule has 1 fully saturated rings. The number of aromatic amines is 1. The Morgan fingerprint density at radius 1 is 1.46 bits per heavy atom. The standard InChI is InChI=1S/C17H20N4O2S/c1-10-8-14(22)6-7-15(10)16(23)18-12-4-3-5-13(9-12)21-11(2)19-20-17(21)24/h3-5,9-10,15H,6-8H2,1-2H3,(H,18,23)(H,20,24). The van der Waals surface area contributed by atoms with E-state index in [2.05, 4.69) is 15.5 Å². The number of H-pyrrole nitrogens is 1. The monoisotopic (exact) mass is 344 g/mol. The van der Waals surface area contributed by atoms with Gasteiger partial charge in [-0.1, -0.05) is 13.0 Å². The molecule has 1 saturated carbocycles. The normalized spacial score (nSPS) is 20.8. The summed E-state index contributed by atoms with van der Waals surface area (Å²) in [5.74, 6) is 0.935. The van der Waals surface area contributed by atoms with Crippen LogP contribution >= 0.6 is 12.2 Å². The minimum atomic E-state index is -0.121. The minimum absolute atomic E-state index is 0.0281. The molecule has 2 unspecified atom stereocenters. The van der Waals surface area contributed by atoms with E-state index in [-0.39, 0.29) is 23.5 Å². The molecule has 3 rings (SSSR count). The summed E-state index contributed by atoms with van der Waals surface area (Å²) >= 11 is 5.24. The number of benzene rings is 1. The molecule has 0 saturated heterocycles. The van der Waals surface area contributed by atoms with Crippen molar-refractivity contribution in [3.8, 4) is 5.69 Å². The molecule has 1 heterocycles. The van der Waals surface area contributed by atoms with Crippen LogP contribution in [0, 0.1) is 23.5 Å². The van der Waals surface area contributed by atoms with Crippen molar-refractivity contribution in [3.63, 3.8) is 0 Å². The Kier molecular flexibility index (Phi) is 4.62. The number of aryl methyl sites for hydroxylation is 1. The average Bonchev–Trinajstić information content (AvgIpc) is 2.86. The van der Waals surface area contributed by atoms with Crippen LogP contribution in [0.15, 0.2) is 24.3 Å². The first-order valence-electron chi connectivity index (χ1n) is 8.02. The Morgan fingerprint density at radius 2 is 2.25 bits per heavy atom. The zero-order chi connectivity index (χ0) is 17.3. The summed E-state index contributed by atoms with van der Waals surface area (Å²) in [6, 6.07) is 7.50. The zero-order valence-electron chi connectivity index (χ0n) is 13.7. The van der Waals surface area contributed by atoms with Crippen molar-refractivity contribution in [2.45, 2.75) is 33.1 Å². The van der Waals surface area contributed by atoms with Gasteiger partial charge in [0, 0.05) is 24.4 Å². The summed E-state index contributed by atoms with van der Waals surface area (Å²) in [4.78, 5) is 24.0. The molecular formula is C17H20N4O2S.